The fourth-order valence-electron chi connectivity index (χ4n) is 0.352. The standard InChI is InChI=1S/C6H11N2O3/c1-3(7)5(9)8-4(2)6(10)11/h3H,7H2,1-2H3,(H,8,9)(H,10,11)/t3-/m0/s1. The maximum Gasteiger partial charge on any atom is 0.332 e. The zero-order valence-electron chi connectivity index (χ0n) is 6.42. The van der Waals surface area contributed by atoms with Crippen molar-refractivity contribution in [1.82, 2.24) is 5.32 Å². The number of carbonyl (C=O) groups is 2. The van der Waals surface area contributed by atoms with Crippen LogP contribution in [0.1, 0.15) is 13.8 Å². The smallest absolute Gasteiger partial charge is 0.332 e. The van der Waals surface area contributed by atoms with E-state index >= 15 is 0 Å². The normalized spacial score (nSPS) is 12.7. The third-order valence-corrected chi connectivity index (χ3v) is 1.05. The van der Waals surface area contributed by atoms with E-state index in [1.165, 1.54) is 13.8 Å². The van der Waals surface area contributed by atoms with Crippen molar-refractivity contribution in [3.05, 3.63) is 6.04 Å². The lowest BCUT2D eigenvalue weighted by molar-refractivity contribution is -0.137. The van der Waals surface area contributed by atoms with Crippen molar-refractivity contribution >= 4 is 11.9 Å². The molecule has 1 amide bonds. The lowest BCUT2D eigenvalue weighted by atomic mass is 10.3. The molecule has 0 aliphatic rings. The zero-order valence-corrected chi connectivity index (χ0v) is 6.42. The van der Waals surface area contributed by atoms with Gasteiger partial charge in [-0.1, -0.05) is 0 Å². The van der Waals surface area contributed by atoms with Gasteiger partial charge >= 0.3 is 5.97 Å². The molecule has 0 unspecified atom stereocenters. The Morgan fingerprint density at radius 3 is 2.27 bits per heavy atom. The third kappa shape index (κ3) is 3.57. The molecule has 0 rings (SSSR count). The predicted octanol–water partition coefficient (Wildman–Crippen LogP) is -0.914. The largest absolute Gasteiger partial charge is 0.479 e. The van der Waals surface area contributed by atoms with Crippen LogP contribution in [0.5, 0.6) is 0 Å². The van der Waals surface area contributed by atoms with E-state index in [2.05, 4.69) is 5.32 Å². The molecule has 5 nitrogen and oxygen atoms in total. The van der Waals surface area contributed by atoms with E-state index in [0.29, 0.717) is 0 Å². The van der Waals surface area contributed by atoms with Gasteiger partial charge in [-0.3, -0.25) is 4.79 Å². The molecule has 0 aromatic rings. The molecule has 4 N–H and O–H groups in total. The summed E-state index contributed by atoms with van der Waals surface area (Å²) in [4.78, 5) is 20.9. The second-order valence-corrected chi connectivity index (χ2v) is 2.21. The Labute approximate surface area is 64.6 Å². The summed E-state index contributed by atoms with van der Waals surface area (Å²) in [6.07, 6.45) is 0. The van der Waals surface area contributed by atoms with Crippen LogP contribution in [0.15, 0.2) is 0 Å². The summed E-state index contributed by atoms with van der Waals surface area (Å²) < 4.78 is 0. The minimum atomic E-state index is -1.15. The van der Waals surface area contributed by atoms with Crippen LogP contribution in [-0.2, 0) is 9.59 Å². The van der Waals surface area contributed by atoms with Crippen LogP contribution >= 0.6 is 0 Å². The summed E-state index contributed by atoms with van der Waals surface area (Å²) >= 11 is 0. The molecule has 0 aliphatic carbocycles. The van der Waals surface area contributed by atoms with E-state index in [4.69, 9.17) is 10.8 Å². The molecule has 63 valence electrons. The monoisotopic (exact) mass is 159 g/mol. The van der Waals surface area contributed by atoms with Crippen molar-refractivity contribution in [3.63, 3.8) is 0 Å². The van der Waals surface area contributed by atoms with Crippen molar-refractivity contribution in [2.24, 2.45) is 5.73 Å². The molecule has 11 heavy (non-hydrogen) atoms. The molecule has 5 heteroatoms. The molecule has 0 aromatic heterocycles. The first-order chi connectivity index (χ1) is 4.95. The number of carboxylic acid groups (broad SMARTS) is 1. The van der Waals surface area contributed by atoms with E-state index < -0.39 is 17.9 Å². The molecule has 1 radical (unpaired) electrons. The quantitative estimate of drug-likeness (QED) is 0.497. The number of rotatable bonds is 3. The van der Waals surface area contributed by atoms with E-state index in [0.717, 1.165) is 0 Å². The van der Waals surface area contributed by atoms with Gasteiger partial charge in [-0.25, -0.2) is 4.79 Å². The van der Waals surface area contributed by atoms with Gasteiger partial charge in [0, 0.05) is 0 Å². The Hall–Kier alpha value is -1.10. The van der Waals surface area contributed by atoms with E-state index in [-0.39, 0.29) is 6.04 Å². The van der Waals surface area contributed by atoms with E-state index in [1.54, 1.807) is 0 Å². The topological polar surface area (TPSA) is 92.4 Å². The van der Waals surface area contributed by atoms with Crippen molar-refractivity contribution in [2.45, 2.75) is 19.9 Å². The zero-order chi connectivity index (χ0) is 9.02. The van der Waals surface area contributed by atoms with Gasteiger partial charge in [-0.2, -0.15) is 0 Å². The maximum absolute atomic E-state index is 10.7. The molecule has 0 saturated carbocycles. The first-order valence-electron chi connectivity index (χ1n) is 3.08. The molecule has 0 spiro atoms. The van der Waals surface area contributed by atoms with Crippen LogP contribution in [0.2, 0.25) is 0 Å². The highest BCUT2D eigenvalue weighted by molar-refractivity contribution is 5.90. The Morgan fingerprint density at radius 1 is 1.55 bits per heavy atom. The van der Waals surface area contributed by atoms with Crippen molar-refractivity contribution < 1.29 is 14.7 Å². The number of carboxylic acids is 1. The Morgan fingerprint density at radius 2 is 2.00 bits per heavy atom. The fourth-order valence-corrected chi connectivity index (χ4v) is 0.352. The molecule has 0 fully saturated rings. The number of amides is 1. The number of hydrogen-bond acceptors (Lipinski definition) is 3. The Kier molecular flexibility index (Phi) is 3.53. The van der Waals surface area contributed by atoms with E-state index in [9.17, 15) is 9.59 Å². The molecule has 0 saturated heterocycles. The van der Waals surface area contributed by atoms with Crippen LogP contribution in [-0.4, -0.2) is 23.0 Å². The number of carbonyl (C=O) groups excluding carboxylic acids is 1. The van der Waals surface area contributed by atoms with E-state index in [1.807, 2.05) is 0 Å². The van der Waals surface area contributed by atoms with Gasteiger partial charge in [0.05, 0.1) is 6.04 Å². The van der Waals surface area contributed by atoms with Gasteiger partial charge < -0.3 is 16.2 Å². The first-order valence-corrected chi connectivity index (χ1v) is 3.08. The summed E-state index contributed by atoms with van der Waals surface area (Å²) in [7, 11) is 0. The lowest BCUT2D eigenvalue weighted by Gasteiger charge is -2.09. The summed E-state index contributed by atoms with van der Waals surface area (Å²) in [5, 5.41) is 10.5. The third-order valence-electron chi connectivity index (χ3n) is 1.05. The average molecular weight is 159 g/mol. The number of hydrogen-bond donors (Lipinski definition) is 3. The number of nitrogens with two attached hydrogens (primary N) is 1. The van der Waals surface area contributed by atoms with Crippen LogP contribution in [0.3, 0.4) is 0 Å². The summed E-state index contributed by atoms with van der Waals surface area (Å²) in [6.45, 7) is 2.77. The molecular weight excluding hydrogens is 148 g/mol. The highest BCUT2D eigenvalue weighted by Crippen LogP contribution is 1.91. The number of aliphatic carboxylic acids is 1. The maximum atomic E-state index is 10.7. The van der Waals surface area contributed by atoms with Crippen LogP contribution in [0.25, 0.3) is 0 Å². The molecule has 0 heterocycles. The van der Waals surface area contributed by atoms with Crippen LogP contribution < -0.4 is 11.1 Å². The van der Waals surface area contributed by atoms with Crippen molar-refractivity contribution in [3.8, 4) is 0 Å². The van der Waals surface area contributed by atoms with Gasteiger partial charge in [-0.05, 0) is 13.8 Å². The van der Waals surface area contributed by atoms with Crippen molar-refractivity contribution in [2.75, 3.05) is 0 Å². The SMILES string of the molecule is C[C](NC(=O)[C@H](C)N)C(=O)O. The van der Waals surface area contributed by atoms with Gasteiger partial charge in [0.25, 0.3) is 0 Å². The summed E-state index contributed by atoms with van der Waals surface area (Å²) in [5.74, 6) is -1.65. The van der Waals surface area contributed by atoms with Gasteiger partial charge in [0.2, 0.25) is 5.91 Å². The molecule has 0 bridgehead atoms. The van der Waals surface area contributed by atoms with Gasteiger partial charge in [0.15, 0.2) is 6.04 Å². The van der Waals surface area contributed by atoms with Crippen molar-refractivity contribution in [1.29, 1.82) is 0 Å². The summed E-state index contributed by atoms with van der Waals surface area (Å²) in [6, 6.07) is -0.809. The molecule has 0 aromatic carbocycles. The highest BCUT2D eigenvalue weighted by Gasteiger charge is 2.16. The Bertz CT molecular complexity index is 167. The second kappa shape index (κ2) is 3.92. The molecule has 1 atom stereocenters. The minimum Gasteiger partial charge on any atom is -0.479 e. The van der Waals surface area contributed by atoms with Gasteiger partial charge in [0.1, 0.15) is 0 Å². The predicted molar refractivity (Wildman–Crippen MR) is 38.3 cm³/mol. The number of nitrogens with one attached hydrogen (secondary N) is 1. The molecule has 0 aliphatic heterocycles. The summed E-state index contributed by atoms with van der Waals surface area (Å²) in [5.41, 5.74) is 5.17. The first kappa shape index (κ1) is 9.90. The Balaban J connectivity index is 3.85. The second-order valence-electron chi connectivity index (χ2n) is 2.21. The minimum absolute atomic E-state index is 0.118. The van der Waals surface area contributed by atoms with Crippen LogP contribution in [0.4, 0.5) is 0 Å². The average Bonchev–Trinajstić information content (AvgIpc) is 1.87. The molecular formula is C6H11N2O3. The highest BCUT2D eigenvalue weighted by atomic mass is 16.4. The lowest BCUT2D eigenvalue weighted by Crippen LogP contribution is -2.41. The van der Waals surface area contributed by atoms with Gasteiger partial charge in [-0.15, -0.1) is 0 Å². The fraction of sp³-hybridized carbons (Fsp3) is 0.500. The van der Waals surface area contributed by atoms with Crippen LogP contribution in [0, 0.1) is 6.04 Å².